The second kappa shape index (κ2) is 5.76. The van der Waals surface area contributed by atoms with Gasteiger partial charge in [-0.25, -0.2) is 15.4 Å². The van der Waals surface area contributed by atoms with Crippen molar-refractivity contribution >= 4 is 11.9 Å². The van der Waals surface area contributed by atoms with Crippen molar-refractivity contribution in [3.05, 3.63) is 47.8 Å². The van der Waals surface area contributed by atoms with Gasteiger partial charge in [0.25, 0.3) is 5.91 Å². The molecule has 2 aromatic rings. The predicted octanol–water partition coefficient (Wildman–Crippen LogP) is 1.53. The fourth-order valence-electron chi connectivity index (χ4n) is 2.23. The van der Waals surface area contributed by atoms with Gasteiger partial charge in [-0.2, -0.15) is 0 Å². The number of rotatable bonds is 3. The van der Waals surface area contributed by atoms with Crippen LogP contribution in [0.1, 0.15) is 28.4 Å². The summed E-state index contributed by atoms with van der Waals surface area (Å²) in [7, 11) is 0. The third kappa shape index (κ3) is 2.77. The summed E-state index contributed by atoms with van der Waals surface area (Å²) in [5.74, 6) is 0.640. The van der Waals surface area contributed by atoms with Crippen molar-refractivity contribution in [3.63, 3.8) is 0 Å². The van der Waals surface area contributed by atoms with Gasteiger partial charge < -0.3 is 10.1 Å². The number of amides is 1. The maximum atomic E-state index is 11.2. The maximum Gasteiger partial charge on any atom is 0.277 e. The zero-order chi connectivity index (χ0) is 14.7. The van der Waals surface area contributed by atoms with Crippen LogP contribution in [0.5, 0.6) is 5.75 Å². The molecule has 7 heteroatoms. The van der Waals surface area contributed by atoms with Crippen LogP contribution in [0.2, 0.25) is 0 Å². The molecule has 1 aromatic carbocycles. The van der Waals surface area contributed by atoms with Gasteiger partial charge >= 0.3 is 0 Å². The van der Waals surface area contributed by atoms with Crippen LogP contribution in [0.15, 0.2) is 36.7 Å². The molecule has 3 N–H and O–H groups in total. The lowest BCUT2D eigenvalue weighted by Gasteiger charge is -2.26. The molecule has 0 radical (unpaired) electrons. The van der Waals surface area contributed by atoms with E-state index in [0.29, 0.717) is 12.6 Å². The van der Waals surface area contributed by atoms with Crippen LogP contribution in [0.4, 0.5) is 5.95 Å². The minimum absolute atomic E-state index is 0.0625. The van der Waals surface area contributed by atoms with Gasteiger partial charge in [-0.1, -0.05) is 18.2 Å². The van der Waals surface area contributed by atoms with Gasteiger partial charge in [0.05, 0.1) is 18.2 Å². The Bertz CT molecular complexity index is 645. The van der Waals surface area contributed by atoms with Crippen LogP contribution in [-0.4, -0.2) is 27.7 Å². The number of para-hydroxylation sites is 1. The topological polar surface area (TPSA) is 96.4 Å². The number of hydroxylamine groups is 1. The minimum Gasteiger partial charge on any atom is -0.493 e. The van der Waals surface area contributed by atoms with Crippen molar-refractivity contribution in [2.75, 3.05) is 11.9 Å². The van der Waals surface area contributed by atoms with E-state index in [4.69, 9.17) is 9.94 Å². The first kappa shape index (κ1) is 13.3. The number of hydrogen-bond donors (Lipinski definition) is 3. The average molecular weight is 286 g/mol. The van der Waals surface area contributed by atoms with Crippen molar-refractivity contribution in [2.24, 2.45) is 0 Å². The Morgan fingerprint density at radius 3 is 2.81 bits per heavy atom. The van der Waals surface area contributed by atoms with E-state index in [-0.39, 0.29) is 11.6 Å². The molecule has 1 unspecified atom stereocenters. The van der Waals surface area contributed by atoms with Crippen LogP contribution in [-0.2, 0) is 0 Å². The second-order valence-corrected chi connectivity index (χ2v) is 4.61. The Morgan fingerprint density at radius 2 is 2.05 bits per heavy atom. The van der Waals surface area contributed by atoms with Gasteiger partial charge in [0, 0.05) is 24.4 Å². The monoisotopic (exact) mass is 286 g/mol. The van der Waals surface area contributed by atoms with E-state index in [1.165, 1.54) is 17.9 Å². The molecule has 0 spiro atoms. The lowest BCUT2D eigenvalue weighted by atomic mass is 10.0. The molecule has 3 rings (SSSR count). The highest BCUT2D eigenvalue weighted by atomic mass is 16.5. The van der Waals surface area contributed by atoms with Gasteiger partial charge in [0.15, 0.2) is 0 Å². The Morgan fingerprint density at radius 1 is 1.29 bits per heavy atom. The quantitative estimate of drug-likeness (QED) is 0.585. The SMILES string of the molecule is O=C(NO)c1cnc(NC2CCOc3ccccc32)nc1. The van der Waals surface area contributed by atoms with Crippen LogP contribution in [0.25, 0.3) is 0 Å². The van der Waals surface area contributed by atoms with Crippen molar-refractivity contribution in [1.29, 1.82) is 0 Å². The Labute approximate surface area is 121 Å². The van der Waals surface area contributed by atoms with Crippen molar-refractivity contribution in [2.45, 2.75) is 12.5 Å². The summed E-state index contributed by atoms with van der Waals surface area (Å²) in [5, 5.41) is 11.8. The van der Waals surface area contributed by atoms with E-state index < -0.39 is 5.91 Å². The predicted molar refractivity (Wildman–Crippen MR) is 74.2 cm³/mol. The average Bonchev–Trinajstić information content (AvgIpc) is 2.55. The smallest absolute Gasteiger partial charge is 0.277 e. The first-order valence-electron chi connectivity index (χ1n) is 6.52. The fraction of sp³-hybridized carbons (Fsp3) is 0.214. The molecule has 108 valence electrons. The number of ether oxygens (including phenoxy) is 1. The normalized spacial score (nSPS) is 16.5. The van der Waals surface area contributed by atoms with Gasteiger partial charge in [0.1, 0.15) is 5.75 Å². The molecule has 1 aliphatic heterocycles. The van der Waals surface area contributed by atoms with E-state index >= 15 is 0 Å². The highest BCUT2D eigenvalue weighted by Gasteiger charge is 2.21. The van der Waals surface area contributed by atoms with Gasteiger partial charge in [-0.05, 0) is 6.07 Å². The van der Waals surface area contributed by atoms with Crippen molar-refractivity contribution in [3.8, 4) is 5.75 Å². The lowest BCUT2D eigenvalue weighted by Crippen LogP contribution is -2.22. The van der Waals surface area contributed by atoms with E-state index in [0.717, 1.165) is 17.7 Å². The Balaban J connectivity index is 1.77. The minimum atomic E-state index is -0.641. The van der Waals surface area contributed by atoms with Crippen molar-refractivity contribution in [1.82, 2.24) is 15.4 Å². The van der Waals surface area contributed by atoms with Gasteiger partial charge in [-0.3, -0.25) is 10.0 Å². The molecule has 0 saturated heterocycles. The zero-order valence-electron chi connectivity index (χ0n) is 11.1. The molecule has 0 fully saturated rings. The number of carbonyl (C=O) groups is 1. The van der Waals surface area contributed by atoms with Crippen molar-refractivity contribution < 1.29 is 14.7 Å². The number of fused-ring (bicyclic) bond motifs is 1. The van der Waals surface area contributed by atoms with E-state index in [2.05, 4.69) is 15.3 Å². The molecule has 0 bridgehead atoms. The lowest BCUT2D eigenvalue weighted by molar-refractivity contribution is 0.0705. The summed E-state index contributed by atoms with van der Waals surface area (Å²) >= 11 is 0. The molecule has 1 aliphatic rings. The summed E-state index contributed by atoms with van der Waals surface area (Å²) < 4.78 is 5.59. The first-order valence-corrected chi connectivity index (χ1v) is 6.52. The van der Waals surface area contributed by atoms with Crippen LogP contribution < -0.4 is 15.5 Å². The molecule has 1 atom stereocenters. The number of aromatic nitrogens is 2. The Hall–Kier alpha value is -2.67. The first-order chi connectivity index (χ1) is 10.3. The Kier molecular flexibility index (Phi) is 3.65. The largest absolute Gasteiger partial charge is 0.493 e. The molecular weight excluding hydrogens is 272 g/mol. The van der Waals surface area contributed by atoms with Crippen LogP contribution >= 0.6 is 0 Å². The second-order valence-electron chi connectivity index (χ2n) is 4.61. The highest BCUT2D eigenvalue weighted by Crippen LogP contribution is 2.33. The third-order valence-electron chi connectivity index (χ3n) is 3.28. The number of nitrogens with zero attached hydrogens (tertiary/aromatic N) is 2. The number of carbonyl (C=O) groups excluding carboxylic acids is 1. The summed E-state index contributed by atoms with van der Waals surface area (Å²) in [6.07, 6.45) is 3.51. The highest BCUT2D eigenvalue weighted by molar-refractivity contribution is 5.92. The zero-order valence-corrected chi connectivity index (χ0v) is 11.1. The van der Waals surface area contributed by atoms with Crippen LogP contribution in [0, 0.1) is 0 Å². The van der Waals surface area contributed by atoms with E-state index in [9.17, 15) is 4.79 Å². The number of hydrogen-bond acceptors (Lipinski definition) is 6. The molecule has 2 heterocycles. The molecule has 0 aliphatic carbocycles. The summed E-state index contributed by atoms with van der Waals surface area (Å²) in [4.78, 5) is 19.4. The van der Waals surface area contributed by atoms with E-state index in [1.807, 2.05) is 24.3 Å². The number of benzene rings is 1. The van der Waals surface area contributed by atoms with Gasteiger partial charge in [0.2, 0.25) is 5.95 Å². The summed E-state index contributed by atoms with van der Waals surface area (Å²) in [6.45, 7) is 0.625. The molecule has 0 saturated carbocycles. The molecule has 21 heavy (non-hydrogen) atoms. The van der Waals surface area contributed by atoms with Crippen LogP contribution in [0.3, 0.4) is 0 Å². The maximum absolute atomic E-state index is 11.2. The van der Waals surface area contributed by atoms with Gasteiger partial charge in [-0.15, -0.1) is 0 Å². The molecule has 1 aromatic heterocycles. The standard InChI is InChI=1S/C14H14N4O3/c19-13(18-20)9-7-15-14(16-8-9)17-11-5-6-21-12-4-2-1-3-10(11)12/h1-4,7-8,11,20H,5-6H2,(H,18,19)(H,15,16,17). The molecule has 7 nitrogen and oxygen atoms in total. The molecular formula is C14H14N4O3. The number of anilines is 1. The molecule has 1 amide bonds. The fourth-order valence-corrected chi connectivity index (χ4v) is 2.23. The summed E-state index contributed by atoms with van der Waals surface area (Å²) in [5.41, 5.74) is 2.79. The third-order valence-corrected chi connectivity index (χ3v) is 3.28. The summed E-state index contributed by atoms with van der Waals surface area (Å²) in [6, 6.07) is 7.88. The van der Waals surface area contributed by atoms with E-state index in [1.54, 1.807) is 0 Å². The number of nitrogens with one attached hydrogen (secondary N) is 2.